The lowest BCUT2D eigenvalue weighted by atomic mass is 10.3. The Morgan fingerprint density at radius 1 is 1.40 bits per heavy atom. The first-order valence-corrected chi connectivity index (χ1v) is 7.21. The number of H-pyrrole nitrogens is 1. The Morgan fingerprint density at radius 3 is 2.80 bits per heavy atom. The number of hydrogen-bond acceptors (Lipinski definition) is 5. The monoisotopic (exact) mass is 291 g/mol. The van der Waals surface area contributed by atoms with Gasteiger partial charge in [0.25, 0.3) is 11.5 Å². The minimum atomic E-state index is -0.689. The number of aromatic amines is 1. The van der Waals surface area contributed by atoms with Crippen molar-refractivity contribution >= 4 is 17.2 Å². The van der Waals surface area contributed by atoms with E-state index in [1.165, 1.54) is 11.3 Å². The van der Waals surface area contributed by atoms with Crippen molar-refractivity contribution in [2.24, 2.45) is 0 Å². The second-order valence-electron chi connectivity index (χ2n) is 4.59. The summed E-state index contributed by atoms with van der Waals surface area (Å²) < 4.78 is 0. The molecule has 2 aromatic rings. The van der Waals surface area contributed by atoms with Crippen LogP contribution in [-0.4, -0.2) is 39.0 Å². The zero-order chi connectivity index (χ0) is 14.1. The van der Waals surface area contributed by atoms with Crippen LogP contribution >= 0.6 is 11.3 Å². The van der Waals surface area contributed by atoms with Crippen molar-refractivity contribution in [1.82, 2.24) is 14.9 Å². The minimum Gasteiger partial charge on any atom is -0.501 e. The van der Waals surface area contributed by atoms with Gasteiger partial charge in [-0.1, -0.05) is 6.07 Å². The van der Waals surface area contributed by atoms with Gasteiger partial charge in [0.1, 0.15) is 0 Å². The Kier molecular flexibility index (Phi) is 3.27. The highest BCUT2D eigenvalue weighted by atomic mass is 32.1. The largest absolute Gasteiger partial charge is 0.501 e. The number of nitrogens with one attached hydrogen (secondary N) is 1. The summed E-state index contributed by atoms with van der Waals surface area (Å²) >= 11 is 1.40. The maximum absolute atomic E-state index is 12.3. The fourth-order valence-corrected chi connectivity index (χ4v) is 2.89. The first kappa shape index (κ1) is 12.9. The molecule has 1 fully saturated rings. The molecule has 0 atom stereocenters. The van der Waals surface area contributed by atoms with Gasteiger partial charge in [0.05, 0.1) is 4.88 Å². The van der Waals surface area contributed by atoms with Crippen LogP contribution < -0.4 is 5.56 Å². The highest BCUT2D eigenvalue weighted by Gasteiger charge is 2.25. The molecule has 0 spiro atoms. The lowest BCUT2D eigenvalue weighted by molar-refractivity contribution is 0.0783. The Morgan fingerprint density at radius 2 is 2.15 bits per heavy atom. The van der Waals surface area contributed by atoms with Gasteiger partial charge in [-0.3, -0.25) is 9.59 Å². The van der Waals surface area contributed by atoms with E-state index < -0.39 is 11.3 Å². The molecule has 0 radical (unpaired) electrons. The minimum absolute atomic E-state index is 0.168. The van der Waals surface area contributed by atoms with Crippen molar-refractivity contribution in [2.45, 2.75) is 12.8 Å². The lowest BCUT2D eigenvalue weighted by Crippen LogP contribution is -2.30. The van der Waals surface area contributed by atoms with Crippen LogP contribution in [0, 0.1) is 0 Å². The summed E-state index contributed by atoms with van der Waals surface area (Å²) in [7, 11) is 0. The average Bonchev–Trinajstić information content (AvgIpc) is 3.13. The molecule has 2 N–H and O–H groups in total. The molecule has 3 heterocycles. The smallest absolute Gasteiger partial charge is 0.294 e. The molecule has 104 valence electrons. The number of likely N-dealkylation sites (tertiary alicyclic amines) is 1. The molecule has 0 saturated carbocycles. The van der Waals surface area contributed by atoms with Crippen molar-refractivity contribution in [3.8, 4) is 16.5 Å². The molecule has 0 aliphatic carbocycles. The molecule has 1 amide bonds. The molecule has 0 bridgehead atoms. The number of hydrogen-bond donors (Lipinski definition) is 2. The zero-order valence-corrected chi connectivity index (χ0v) is 11.4. The summed E-state index contributed by atoms with van der Waals surface area (Å²) in [5, 5.41) is 11.7. The van der Waals surface area contributed by atoms with Crippen molar-refractivity contribution < 1.29 is 9.90 Å². The first-order chi connectivity index (χ1) is 9.66. The van der Waals surface area contributed by atoms with Gasteiger partial charge in [-0.05, 0) is 24.3 Å². The Hall–Kier alpha value is -2.15. The zero-order valence-electron chi connectivity index (χ0n) is 10.6. The summed E-state index contributed by atoms with van der Waals surface area (Å²) in [5.41, 5.74) is -0.856. The average molecular weight is 291 g/mol. The van der Waals surface area contributed by atoms with Gasteiger partial charge in [-0.2, -0.15) is 0 Å². The molecule has 3 rings (SSSR count). The van der Waals surface area contributed by atoms with Gasteiger partial charge in [0.15, 0.2) is 11.5 Å². The summed E-state index contributed by atoms with van der Waals surface area (Å²) in [6.45, 7) is 1.28. The number of rotatable bonds is 2. The Bertz CT molecular complexity index is 687. The fraction of sp³-hybridized carbons (Fsp3) is 0.308. The summed E-state index contributed by atoms with van der Waals surface area (Å²) in [4.78, 5) is 33.0. The number of amides is 1. The van der Waals surface area contributed by atoms with Crippen LogP contribution in [0.4, 0.5) is 0 Å². The summed E-state index contributed by atoms with van der Waals surface area (Å²) in [6, 6.07) is 3.62. The van der Waals surface area contributed by atoms with Crippen LogP contribution in [0.2, 0.25) is 0 Å². The molecular formula is C13H13N3O3S. The van der Waals surface area contributed by atoms with E-state index >= 15 is 0 Å². The normalized spacial score (nSPS) is 14.7. The molecular weight excluding hydrogens is 278 g/mol. The molecule has 1 aliphatic heterocycles. The van der Waals surface area contributed by atoms with Crippen molar-refractivity contribution in [2.75, 3.05) is 13.1 Å². The van der Waals surface area contributed by atoms with Gasteiger partial charge in [0.2, 0.25) is 5.75 Å². The van der Waals surface area contributed by atoms with E-state index in [1.807, 2.05) is 11.4 Å². The third-order valence-electron chi connectivity index (χ3n) is 3.25. The number of aromatic nitrogens is 2. The highest BCUT2D eigenvalue weighted by molar-refractivity contribution is 7.13. The quantitative estimate of drug-likeness (QED) is 0.876. The van der Waals surface area contributed by atoms with Gasteiger partial charge >= 0.3 is 0 Å². The van der Waals surface area contributed by atoms with Crippen molar-refractivity contribution in [1.29, 1.82) is 0 Å². The van der Waals surface area contributed by atoms with Crippen LogP contribution in [0.5, 0.6) is 5.75 Å². The molecule has 20 heavy (non-hydrogen) atoms. The second-order valence-corrected chi connectivity index (χ2v) is 5.54. The topological polar surface area (TPSA) is 86.3 Å². The predicted molar refractivity (Wildman–Crippen MR) is 75.0 cm³/mol. The van der Waals surface area contributed by atoms with Crippen LogP contribution in [0.3, 0.4) is 0 Å². The number of aromatic hydroxyl groups is 1. The molecule has 1 aliphatic rings. The predicted octanol–water partition coefficient (Wildman–Crippen LogP) is 1.44. The number of carbonyl (C=O) groups is 1. The van der Waals surface area contributed by atoms with Gasteiger partial charge in [0, 0.05) is 13.1 Å². The van der Waals surface area contributed by atoms with Gasteiger partial charge in [-0.15, -0.1) is 11.3 Å². The van der Waals surface area contributed by atoms with Crippen molar-refractivity contribution in [3.63, 3.8) is 0 Å². The van der Waals surface area contributed by atoms with Crippen molar-refractivity contribution in [3.05, 3.63) is 33.6 Å². The maximum atomic E-state index is 12.3. The van der Waals surface area contributed by atoms with E-state index in [2.05, 4.69) is 9.97 Å². The lowest BCUT2D eigenvalue weighted by Gasteiger charge is -2.15. The Balaban J connectivity index is 2.05. The number of carbonyl (C=O) groups excluding carboxylic acids is 1. The van der Waals surface area contributed by atoms with E-state index in [4.69, 9.17) is 0 Å². The first-order valence-electron chi connectivity index (χ1n) is 6.33. The van der Waals surface area contributed by atoms with Crippen LogP contribution in [-0.2, 0) is 0 Å². The third kappa shape index (κ3) is 2.20. The Labute approximate surface area is 118 Å². The molecule has 6 nitrogen and oxygen atoms in total. The molecule has 0 aromatic carbocycles. The standard InChI is InChI=1S/C13H13N3O3S/c17-10-9(13(19)16-5-1-2-6-16)14-11(15-12(10)18)8-4-3-7-20-8/h3-4,7,17H,1-2,5-6H2,(H,14,15,18). The highest BCUT2D eigenvalue weighted by Crippen LogP contribution is 2.23. The van der Waals surface area contributed by atoms with Crippen LogP contribution in [0.15, 0.2) is 22.3 Å². The maximum Gasteiger partial charge on any atom is 0.294 e. The van der Waals surface area contributed by atoms with Crippen LogP contribution in [0.1, 0.15) is 23.3 Å². The fourth-order valence-electron chi connectivity index (χ4n) is 2.22. The number of nitrogens with zero attached hydrogens (tertiary/aromatic N) is 2. The van der Waals surface area contributed by atoms with Gasteiger partial charge in [-0.25, -0.2) is 4.98 Å². The van der Waals surface area contributed by atoms with Crippen LogP contribution in [0.25, 0.3) is 10.7 Å². The second kappa shape index (κ2) is 5.09. The summed E-state index contributed by atoms with van der Waals surface area (Å²) in [6.07, 6.45) is 1.88. The summed E-state index contributed by atoms with van der Waals surface area (Å²) in [5.74, 6) is -0.684. The molecule has 2 aromatic heterocycles. The van der Waals surface area contributed by atoms with Gasteiger partial charge < -0.3 is 15.0 Å². The van der Waals surface area contributed by atoms with E-state index in [-0.39, 0.29) is 11.6 Å². The van der Waals surface area contributed by atoms with E-state index in [0.717, 1.165) is 17.7 Å². The van der Waals surface area contributed by atoms with E-state index in [1.54, 1.807) is 11.0 Å². The molecule has 1 saturated heterocycles. The van der Waals surface area contributed by atoms with E-state index in [0.29, 0.717) is 18.9 Å². The van der Waals surface area contributed by atoms with E-state index in [9.17, 15) is 14.7 Å². The SMILES string of the molecule is O=C(c1nc(-c2cccs2)[nH]c(=O)c1O)N1CCCC1. The molecule has 7 heteroatoms. The third-order valence-corrected chi connectivity index (χ3v) is 4.12. The number of thiophene rings is 1. The molecule has 0 unspecified atom stereocenters.